The smallest absolute Gasteiger partial charge is 0.293 e. The molecule has 2 aliphatic rings. The number of carbonyl (C=O) groups excluding carboxylic acids is 2. The van der Waals surface area contributed by atoms with Crippen LogP contribution in [0.25, 0.3) is 6.08 Å². The number of nitrogens with zero attached hydrogens (tertiary/aromatic N) is 1. The van der Waals surface area contributed by atoms with Crippen molar-refractivity contribution in [1.29, 1.82) is 0 Å². The van der Waals surface area contributed by atoms with Gasteiger partial charge in [-0.25, -0.2) is 0 Å². The first kappa shape index (κ1) is 13.5. The zero-order chi connectivity index (χ0) is 14.3. The predicted molar refractivity (Wildman–Crippen MR) is 78.6 cm³/mol. The first-order valence-electron chi connectivity index (χ1n) is 5.94. The first-order chi connectivity index (χ1) is 9.60. The summed E-state index contributed by atoms with van der Waals surface area (Å²) in [6, 6.07) is 3.57. The van der Waals surface area contributed by atoms with Gasteiger partial charge in [-0.15, -0.1) is 0 Å². The monoisotopic (exact) mass is 355 g/mol. The number of likely N-dealkylation sites (N-methyl/N-ethyl adjacent to an activating group) is 1. The first-order valence-corrected chi connectivity index (χ1v) is 7.55. The number of imide groups is 1. The lowest BCUT2D eigenvalue weighted by Gasteiger charge is -2.07. The molecule has 104 valence electrons. The van der Waals surface area contributed by atoms with E-state index in [1.165, 1.54) is 4.90 Å². The Morgan fingerprint density at radius 1 is 1.35 bits per heavy atom. The maximum Gasteiger partial charge on any atom is 0.293 e. The zero-order valence-electron chi connectivity index (χ0n) is 10.5. The largest absolute Gasteiger partial charge is 0.454 e. The maximum atomic E-state index is 12.0. The van der Waals surface area contributed by atoms with Gasteiger partial charge in [-0.2, -0.15) is 0 Å². The molecular formula is C13H10BrNO4S. The Hall–Kier alpha value is -1.47. The van der Waals surface area contributed by atoms with Gasteiger partial charge in [-0.1, -0.05) is 15.9 Å². The fourth-order valence-corrected chi connectivity index (χ4v) is 3.29. The number of hydrogen-bond donors (Lipinski definition) is 0. The van der Waals surface area contributed by atoms with E-state index < -0.39 is 0 Å². The minimum Gasteiger partial charge on any atom is -0.454 e. The van der Waals surface area contributed by atoms with Crippen molar-refractivity contribution in [2.45, 2.75) is 6.92 Å². The van der Waals surface area contributed by atoms with Gasteiger partial charge in [-0.05, 0) is 42.5 Å². The second-order valence-corrected chi connectivity index (χ2v) is 6.00. The minimum atomic E-state index is -0.257. The van der Waals surface area contributed by atoms with E-state index in [0.717, 1.165) is 21.8 Å². The quantitative estimate of drug-likeness (QED) is 0.762. The zero-order valence-corrected chi connectivity index (χ0v) is 12.9. The van der Waals surface area contributed by atoms with Crippen molar-refractivity contribution in [3.63, 3.8) is 0 Å². The second kappa shape index (κ2) is 5.14. The van der Waals surface area contributed by atoms with E-state index >= 15 is 0 Å². The van der Waals surface area contributed by atoms with Crippen LogP contribution in [0.2, 0.25) is 0 Å². The molecule has 0 N–H and O–H groups in total. The SMILES string of the molecule is CCN1C(=O)S/C(=C/c2cc3c(cc2Br)OCO3)C1=O. The van der Waals surface area contributed by atoms with Gasteiger partial charge in [0.1, 0.15) is 0 Å². The van der Waals surface area contributed by atoms with Crippen molar-refractivity contribution < 1.29 is 19.1 Å². The van der Waals surface area contributed by atoms with E-state index in [-0.39, 0.29) is 17.9 Å². The third-order valence-electron chi connectivity index (χ3n) is 2.97. The summed E-state index contributed by atoms with van der Waals surface area (Å²) in [5.74, 6) is 1.04. The molecule has 0 saturated carbocycles. The standard InChI is InChI=1S/C13H10BrNO4S/c1-2-15-12(16)11(20-13(15)17)4-7-3-9-10(5-8(7)14)19-6-18-9/h3-5H,2,6H2,1H3/b11-4+. The molecule has 5 nitrogen and oxygen atoms in total. The summed E-state index contributed by atoms with van der Waals surface area (Å²) < 4.78 is 11.4. The van der Waals surface area contributed by atoms with Gasteiger partial charge < -0.3 is 9.47 Å². The van der Waals surface area contributed by atoms with Crippen LogP contribution in [0.4, 0.5) is 4.79 Å². The maximum absolute atomic E-state index is 12.0. The highest BCUT2D eigenvalue weighted by Crippen LogP contribution is 2.39. The summed E-state index contributed by atoms with van der Waals surface area (Å²) in [7, 11) is 0. The van der Waals surface area contributed by atoms with Crippen LogP contribution >= 0.6 is 27.7 Å². The molecule has 0 radical (unpaired) electrons. The van der Waals surface area contributed by atoms with E-state index in [2.05, 4.69) is 15.9 Å². The highest BCUT2D eigenvalue weighted by atomic mass is 79.9. The highest BCUT2D eigenvalue weighted by molar-refractivity contribution is 9.10. The third-order valence-corrected chi connectivity index (χ3v) is 4.56. The van der Waals surface area contributed by atoms with E-state index in [1.54, 1.807) is 25.1 Å². The molecule has 0 unspecified atom stereocenters. The van der Waals surface area contributed by atoms with E-state index in [9.17, 15) is 9.59 Å². The molecule has 2 aliphatic heterocycles. The molecule has 2 amide bonds. The van der Waals surface area contributed by atoms with Gasteiger partial charge in [0.25, 0.3) is 11.1 Å². The summed E-state index contributed by atoms with van der Waals surface area (Å²) in [6.45, 7) is 2.34. The van der Waals surface area contributed by atoms with Crippen LogP contribution < -0.4 is 9.47 Å². The van der Waals surface area contributed by atoms with Crippen molar-refractivity contribution in [1.82, 2.24) is 4.90 Å². The number of thioether (sulfide) groups is 1. The van der Waals surface area contributed by atoms with Gasteiger partial charge in [0.15, 0.2) is 11.5 Å². The molecule has 20 heavy (non-hydrogen) atoms. The molecule has 0 atom stereocenters. The molecule has 1 aromatic rings. The van der Waals surface area contributed by atoms with Crippen LogP contribution in [0.3, 0.4) is 0 Å². The number of amides is 2. The molecule has 0 aromatic heterocycles. The Bertz CT molecular complexity index is 644. The van der Waals surface area contributed by atoms with E-state index in [1.807, 2.05) is 0 Å². The lowest BCUT2D eigenvalue weighted by molar-refractivity contribution is -0.122. The lowest BCUT2D eigenvalue weighted by Crippen LogP contribution is -2.27. The normalized spacial score (nSPS) is 19.3. The van der Waals surface area contributed by atoms with Crippen molar-refractivity contribution in [3.05, 3.63) is 27.1 Å². The molecule has 7 heteroatoms. The lowest BCUT2D eigenvalue weighted by atomic mass is 10.2. The number of carbonyl (C=O) groups is 2. The Morgan fingerprint density at radius 2 is 2.05 bits per heavy atom. The third kappa shape index (κ3) is 2.20. The molecular weight excluding hydrogens is 346 g/mol. The van der Waals surface area contributed by atoms with Crippen LogP contribution in [0.5, 0.6) is 11.5 Å². The van der Waals surface area contributed by atoms with Crippen LogP contribution in [0.15, 0.2) is 21.5 Å². The summed E-state index contributed by atoms with van der Waals surface area (Å²) in [4.78, 5) is 25.3. The molecule has 1 saturated heterocycles. The number of halogens is 1. The van der Waals surface area contributed by atoms with Crippen LogP contribution in [0.1, 0.15) is 12.5 Å². The second-order valence-electron chi connectivity index (χ2n) is 4.15. The number of fused-ring (bicyclic) bond motifs is 1. The molecule has 0 bridgehead atoms. The Kier molecular flexibility index (Phi) is 3.47. The minimum absolute atomic E-state index is 0.192. The Labute approximate surface area is 128 Å². The number of hydrogen-bond acceptors (Lipinski definition) is 5. The summed E-state index contributed by atoms with van der Waals surface area (Å²) >= 11 is 4.37. The van der Waals surface area contributed by atoms with Crippen LogP contribution in [-0.2, 0) is 4.79 Å². The molecule has 0 spiro atoms. The fraction of sp³-hybridized carbons (Fsp3) is 0.231. The van der Waals surface area contributed by atoms with E-state index in [0.29, 0.717) is 22.9 Å². The van der Waals surface area contributed by atoms with Crippen LogP contribution in [-0.4, -0.2) is 29.4 Å². The Morgan fingerprint density at radius 3 is 2.70 bits per heavy atom. The topological polar surface area (TPSA) is 55.8 Å². The number of ether oxygens (including phenoxy) is 2. The number of benzene rings is 1. The van der Waals surface area contributed by atoms with Gasteiger partial charge >= 0.3 is 0 Å². The molecule has 1 aromatic carbocycles. The molecule has 0 aliphatic carbocycles. The average Bonchev–Trinajstić information content (AvgIpc) is 2.95. The summed E-state index contributed by atoms with van der Waals surface area (Å²) in [6.07, 6.45) is 1.69. The molecule has 1 fully saturated rings. The van der Waals surface area contributed by atoms with E-state index in [4.69, 9.17) is 9.47 Å². The average molecular weight is 356 g/mol. The molecule has 3 rings (SSSR count). The van der Waals surface area contributed by atoms with Gasteiger partial charge in [0.2, 0.25) is 6.79 Å². The van der Waals surface area contributed by atoms with Crippen molar-refractivity contribution in [2.24, 2.45) is 0 Å². The number of rotatable bonds is 2. The van der Waals surface area contributed by atoms with Gasteiger partial charge in [-0.3, -0.25) is 14.5 Å². The van der Waals surface area contributed by atoms with Crippen molar-refractivity contribution in [3.8, 4) is 11.5 Å². The predicted octanol–water partition coefficient (Wildman–Crippen LogP) is 3.23. The van der Waals surface area contributed by atoms with Crippen molar-refractivity contribution in [2.75, 3.05) is 13.3 Å². The van der Waals surface area contributed by atoms with Gasteiger partial charge in [0, 0.05) is 11.0 Å². The van der Waals surface area contributed by atoms with Crippen LogP contribution in [0, 0.1) is 0 Å². The summed E-state index contributed by atoms with van der Waals surface area (Å²) in [5.41, 5.74) is 0.774. The van der Waals surface area contributed by atoms with Gasteiger partial charge in [0.05, 0.1) is 4.91 Å². The molecule has 2 heterocycles. The highest BCUT2D eigenvalue weighted by Gasteiger charge is 2.33. The summed E-state index contributed by atoms with van der Waals surface area (Å²) in [5, 5.41) is -0.236. The fourth-order valence-electron chi connectivity index (χ4n) is 1.96. The van der Waals surface area contributed by atoms with Crippen molar-refractivity contribution >= 4 is 44.9 Å². The Balaban J connectivity index is 1.97.